The van der Waals surface area contributed by atoms with Gasteiger partial charge in [0, 0.05) is 12.6 Å². The third kappa shape index (κ3) is 2.61. The highest BCUT2D eigenvalue weighted by Crippen LogP contribution is 2.38. The van der Waals surface area contributed by atoms with Crippen molar-refractivity contribution in [3.8, 4) is 5.75 Å². The van der Waals surface area contributed by atoms with Crippen molar-refractivity contribution in [2.24, 2.45) is 5.41 Å². The molecule has 0 bridgehead atoms. The predicted octanol–water partition coefficient (Wildman–Crippen LogP) is 2.99. The molecule has 110 valence electrons. The molecule has 0 aliphatic heterocycles. The first kappa shape index (κ1) is 16.0. The third-order valence-corrected chi connectivity index (χ3v) is 3.99. The molecule has 1 aromatic carbocycles. The highest BCUT2D eigenvalue weighted by Gasteiger charge is 2.49. The molecule has 0 aromatic heterocycles. The van der Waals surface area contributed by atoms with E-state index in [1.165, 1.54) is 31.3 Å². The van der Waals surface area contributed by atoms with Crippen LogP contribution < -0.4 is 0 Å². The van der Waals surface area contributed by atoms with Gasteiger partial charge in [0.2, 0.25) is 0 Å². The predicted molar refractivity (Wildman–Crippen MR) is 76.1 cm³/mol. The molecule has 0 saturated carbocycles. The van der Waals surface area contributed by atoms with Crippen LogP contribution in [0.5, 0.6) is 5.75 Å². The number of aromatic hydroxyl groups is 1. The lowest BCUT2D eigenvalue weighted by molar-refractivity contribution is 0.0276. The zero-order valence-electron chi connectivity index (χ0n) is 12.5. The van der Waals surface area contributed by atoms with Crippen molar-refractivity contribution < 1.29 is 19.8 Å². The number of phenolic OH excluding ortho intramolecular Hbond substituents is 1. The van der Waals surface area contributed by atoms with E-state index in [1.54, 1.807) is 6.92 Å². The fourth-order valence-corrected chi connectivity index (χ4v) is 2.08. The molecule has 0 heterocycles. The van der Waals surface area contributed by atoms with Crippen molar-refractivity contribution in [2.75, 3.05) is 7.05 Å². The number of hydrogen-bond donors (Lipinski definition) is 2. The van der Waals surface area contributed by atoms with Gasteiger partial charge in [-0.15, -0.1) is 0 Å². The van der Waals surface area contributed by atoms with Crippen LogP contribution in [0.15, 0.2) is 24.3 Å². The van der Waals surface area contributed by atoms with E-state index < -0.39 is 17.0 Å². The summed E-state index contributed by atoms with van der Waals surface area (Å²) in [7, 11) is 1.39. The Kier molecular flexibility index (Phi) is 4.12. The Balaban J connectivity index is 3.35. The summed E-state index contributed by atoms with van der Waals surface area (Å²) < 4.78 is 0. The van der Waals surface area contributed by atoms with Crippen LogP contribution in [0.1, 0.15) is 38.1 Å². The van der Waals surface area contributed by atoms with Gasteiger partial charge in [-0.25, -0.2) is 4.79 Å². The molecule has 0 aliphatic rings. The van der Waals surface area contributed by atoms with E-state index in [-0.39, 0.29) is 11.5 Å². The Bertz CT molecular complexity index is 516. The second kappa shape index (κ2) is 5.15. The number of phenols is 1. The van der Waals surface area contributed by atoms with Crippen LogP contribution in [0.25, 0.3) is 0 Å². The maximum Gasteiger partial charge on any atom is 0.407 e. The van der Waals surface area contributed by atoms with Gasteiger partial charge in [0.15, 0.2) is 5.78 Å². The van der Waals surface area contributed by atoms with Crippen molar-refractivity contribution in [3.63, 3.8) is 0 Å². The molecular weight excluding hydrogens is 258 g/mol. The summed E-state index contributed by atoms with van der Waals surface area (Å²) in [6.45, 7) is 7.09. The van der Waals surface area contributed by atoms with Gasteiger partial charge >= 0.3 is 6.09 Å². The van der Waals surface area contributed by atoms with E-state index in [1.807, 2.05) is 20.8 Å². The highest BCUT2D eigenvalue weighted by molar-refractivity contribution is 6.05. The van der Waals surface area contributed by atoms with Crippen LogP contribution in [-0.2, 0) is 0 Å². The molecule has 2 N–H and O–H groups in total. The Hall–Kier alpha value is -2.04. The van der Waals surface area contributed by atoms with Gasteiger partial charge in [0.1, 0.15) is 11.3 Å². The van der Waals surface area contributed by atoms with Crippen molar-refractivity contribution in [3.05, 3.63) is 29.8 Å². The number of benzene rings is 1. The fraction of sp³-hybridized carbons (Fsp3) is 0.467. The number of likely N-dealkylation sites (N-methyl/N-ethyl adjacent to an activating group) is 1. The van der Waals surface area contributed by atoms with Crippen LogP contribution in [0.2, 0.25) is 0 Å². The normalized spacial score (nSPS) is 14.4. The number of carbonyl (C=O) groups is 2. The van der Waals surface area contributed by atoms with Crippen LogP contribution >= 0.6 is 0 Å². The van der Waals surface area contributed by atoms with Gasteiger partial charge in [-0.1, -0.05) is 20.8 Å². The van der Waals surface area contributed by atoms with E-state index >= 15 is 0 Å². The Morgan fingerprint density at radius 1 is 1.05 bits per heavy atom. The molecule has 0 aliphatic carbocycles. The third-order valence-electron chi connectivity index (χ3n) is 3.99. The molecule has 0 spiro atoms. The van der Waals surface area contributed by atoms with E-state index in [2.05, 4.69) is 0 Å². The number of carbonyl (C=O) groups excluding carboxylic acids is 1. The molecule has 1 amide bonds. The molecule has 1 rings (SSSR count). The zero-order valence-corrected chi connectivity index (χ0v) is 12.5. The number of Topliss-reactive ketones (excluding diaryl/α,β-unsaturated/α-hetero) is 1. The van der Waals surface area contributed by atoms with Crippen LogP contribution in [0.4, 0.5) is 4.79 Å². The number of ketones is 1. The average Bonchev–Trinajstić information content (AvgIpc) is 2.35. The number of amides is 1. The summed E-state index contributed by atoms with van der Waals surface area (Å²) in [5.41, 5.74) is -1.43. The molecule has 20 heavy (non-hydrogen) atoms. The summed E-state index contributed by atoms with van der Waals surface area (Å²) in [5, 5.41) is 18.5. The van der Waals surface area contributed by atoms with E-state index in [0.717, 1.165) is 4.90 Å². The van der Waals surface area contributed by atoms with E-state index in [0.29, 0.717) is 5.56 Å². The van der Waals surface area contributed by atoms with Crippen molar-refractivity contribution in [1.82, 2.24) is 4.90 Å². The summed E-state index contributed by atoms with van der Waals surface area (Å²) in [5.74, 6) is -0.236. The van der Waals surface area contributed by atoms with Gasteiger partial charge in [-0.05, 0) is 36.6 Å². The maximum atomic E-state index is 12.8. The highest BCUT2D eigenvalue weighted by atomic mass is 16.4. The molecule has 0 radical (unpaired) electrons. The topological polar surface area (TPSA) is 77.8 Å². The van der Waals surface area contributed by atoms with Gasteiger partial charge in [0.25, 0.3) is 0 Å². The largest absolute Gasteiger partial charge is 0.508 e. The van der Waals surface area contributed by atoms with Gasteiger partial charge < -0.3 is 10.2 Å². The average molecular weight is 279 g/mol. The lowest BCUT2D eigenvalue weighted by atomic mass is 9.69. The number of rotatable bonds is 3. The Morgan fingerprint density at radius 2 is 1.50 bits per heavy atom. The van der Waals surface area contributed by atoms with Gasteiger partial charge in [0.05, 0.1) is 0 Å². The van der Waals surface area contributed by atoms with Crippen LogP contribution in [-0.4, -0.2) is 39.6 Å². The first-order valence-electron chi connectivity index (χ1n) is 6.32. The Labute approximate surface area is 118 Å². The quantitative estimate of drug-likeness (QED) is 0.834. The number of nitrogens with zero attached hydrogens (tertiary/aromatic N) is 1. The lowest BCUT2D eigenvalue weighted by Crippen LogP contribution is -2.60. The van der Waals surface area contributed by atoms with Gasteiger partial charge in [-0.3, -0.25) is 9.69 Å². The summed E-state index contributed by atoms with van der Waals surface area (Å²) in [4.78, 5) is 25.1. The molecule has 0 unspecified atom stereocenters. The Morgan fingerprint density at radius 3 is 1.85 bits per heavy atom. The minimum atomic E-state index is -1.21. The minimum Gasteiger partial charge on any atom is -0.508 e. The van der Waals surface area contributed by atoms with E-state index in [4.69, 9.17) is 0 Å². The molecule has 1 aromatic rings. The minimum absolute atomic E-state index is 0.0607. The van der Waals surface area contributed by atoms with Crippen LogP contribution in [0, 0.1) is 5.41 Å². The number of carboxylic acid groups (broad SMARTS) is 1. The molecule has 5 nitrogen and oxygen atoms in total. The smallest absolute Gasteiger partial charge is 0.407 e. The van der Waals surface area contributed by atoms with Crippen molar-refractivity contribution in [2.45, 2.75) is 33.2 Å². The molecule has 0 saturated heterocycles. The molecule has 5 heteroatoms. The monoisotopic (exact) mass is 279 g/mol. The zero-order chi connectivity index (χ0) is 15.7. The molecule has 1 atom stereocenters. The maximum absolute atomic E-state index is 12.8. The number of hydrogen-bond acceptors (Lipinski definition) is 3. The second-order valence-corrected chi connectivity index (χ2v) is 6.04. The SMILES string of the molecule is CN(C(=O)O)[C@](C)(C(=O)c1ccc(O)cc1)C(C)(C)C. The first-order valence-corrected chi connectivity index (χ1v) is 6.32. The molecular formula is C15H21NO4. The second-order valence-electron chi connectivity index (χ2n) is 6.04. The van der Waals surface area contributed by atoms with E-state index in [9.17, 15) is 19.8 Å². The van der Waals surface area contributed by atoms with Crippen LogP contribution in [0.3, 0.4) is 0 Å². The fourth-order valence-electron chi connectivity index (χ4n) is 2.08. The van der Waals surface area contributed by atoms with Crippen molar-refractivity contribution >= 4 is 11.9 Å². The van der Waals surface area contributed by atoms with Crippen molar-refractivity contribution in [1.29, 1.82) is 0 Å². The summed E-state index contributed by atoms with van der Waals surface area (Å²) >= 11 is 0. The standard InChI is InChI=1S/C15H21NO4/c1-14(2,3)15(4,16(5)13(19)20)12(18)10-6-8-11(17)9-7-10/h6-9,17H,1-5H3,(H,19,20)/t15-/m1/s1. The first-order chi connectivity index (χ1) is 9.01. The van der Waals surface area contributed by atoms with Gasteiger partial charge in [-0.2, -0.15) is 0 Å². The summed E-state index contributed by atoms with van der Waals surface area (Å²) in [6, 6.07) is 5.82. The molecule has 0 fully saturated rings. The summed E-state index contributed by atoms with van der Waals surface area (Å²) in [6.07, 6.45) is -1.16. The lowest BCUT2D eigenvalue weighted by Gasteiger charge is -2.45.